The van der Waals surface area contributed by atoms with Crippen LogP contribution >= 0.6 is 22.7 Å². The van der Waals surface area contributed by atoms with E-state index >= 15 is 0 Å². The van der Waals surface area contributed by atoms with E-state index in [0.717, 1.165) is 0 Å². The van der Waals surface area contributed by atoms with E-state index < -0.39 is 0 Å². The zero-order chi connectivity index (χ0) is 43.8. The lowest BCUT2D eigenvalue weighted by Gasteiger charge is -2.19. The van der Waals surface area contributed by atoms with E-state index in [1.165, 1.54) is 119 Å². The second-order valence-corrected chi connectivity index (χ2v) is 19.0. The van der Waals surface area contributed by atoms with E-state index in [1.54, 1.807) is 0 Å². The number of hydrogen-bond donors (Lipinski definition) is 0. The summed E-state index contributed by atoms with van der Waals surface area (Å²) >= 11 is 3.70. The average Bonchev–Trinajstić information content (AvgIpc) is 4.10. The lowest BCUT2D eigenvalue weighted by molar-refractivity contribution is 1.61. The van der Waals surface area contributed by atoms with Gasteiger partial charge in [0.25, 0.3) is 0 Å². The highest BCUT2D eigenvalue weighted by Crippen LogP contribution is 2.47. The molecular weight excluding hydrogens is 833 g/mol. The van der Waals surface area contributed by atoms with Crippen LogP contribution < -0.4 is 0 Å². The lowest BCUT2D eigenvalue weighted by atomic mass is 9.84. The predicted molar refractivity (Wildman–Crippen MR) is 288 cm³/mol. The molecule has 0 aliphatic heterocycles. The van der Waals surface area contributed by atoms with Gasteiger partial charge in [0.2, 0.25) is 0 Å². The fourth-order valence-corrected chi connectivity index (χ4v) is 11.6. The molecule has 0 N–H and O–H groups in total. The molecule has 0 atom stereocenters. The molecule has 0 saturated carbocycles. The summed E-state index contributed by atoms with van der Waals surface area (Å²) in [6.45, 7) is 0. The van der Waals surface area contributed by atoms with Crippen molar-refractivity contribution < 1.29 is 0 Å². The number of thiophene rings is 2. The molecule has 0 fully saturated rings. The molecule has 12 rings (SSSR count). The topological polar surface area (TPSA) is 0 Å². The Labute approximate surface area is 393 Å². The van der Waals surface area contributed by atoms with Crippen LogP contribution in [-0.4, -0.2) is 0 Å². The number of fused-ring (bicyclic) bond motifs is 3. The summed E-state index contributed by atoms with van der Waals surface area (Å²) in [4.78, 5) is 5.07. The minimum atomic E-state index is 1.17. The van der Waals surface area contributed by atoms with E-state index in [4.69, 9.17) is 0 Å². The van der Waals surface area contributed by atoms with Crippen LogP contribution in [0.25, 0.3) is 120 Å². The average molecular weight is 875 g/mol. The third-order valence-corrected chi connectivity index (χ3v) is 15.1. The van der Waals surface area contributed by atoms with Gasteiger partial charge in [0, 0.05) is 19.5 Å². The van der Waals surface area contributed by atoms with Crippen molar-refractivity contribution in [1.29, 1.82) is 0 Å². The van der Waals surface area contributed by atoms with Gasteiger partial charge in [-0.15, -0.1) is 22.7 Å². The largest absolute Gasteiger partial charge is 0.135 e. The summed E-state index contributed by atoms with van der Waals surface area (Å²) in [6.07, 6.45) is 4.49. The van der Waals surface area contributed by atoms with Crippen molar-refractivity contribution in [3.8, 4) is 75.1 Å². The molecule has 0 bridgehead atoms. The first-order chi connectivity index (χ1) is 32.7. The molecule has 0 amide bonds. The Morgan fingerprint density at radius 1 is 0.242 bits per heavy atom. The molecule has 2 aromatic heterocycles. The van der Waals surface area contributed by atoms with Gasteiger partial charge < -0.3 is 0 Å². The Kier molecular flexibility index (Phi) is 10.4. The van der Waals surface area contributed by atoms with Crippen molar-refractivity contribution in [3.63, 3.8) is 0 Å². The summed E-state index contributed by atoms with van der Waals surface area (Å²) in [5.41, 5.74) is 14.6. The SMILES string of the molecule is C(=C\c1cccc2ccccc12)/c1cccc(-c2ccc3c(-c4cccc(-c5ccc(-c6ccccc6)s5)c4)c4ccccc4c(-c4cccc(-c5ccc(-c6ccccc6)s5)c4)c3c2)c1. The third-order valence-electron chi connectivity index (χ3n) is 12.7. The van der Waals surface area contributed by atoms with Crippen molar-refractivity contribution in [3.05, 3.63) is 254 Å². The van der Waals surface area contributed by atoms with Crippen LogP contribution in [0.3, 0.4) is 0 Å². The molecule has 310 valence electrons. The Balaban J connectivity index is 1.02. The van der Waals surface area contributed by atoms with Gasteiger partial charge >= 0.3 is 0 Å². The molecule has 2 heteroatoms. The van der Waals surface area contributed by atoms with Gasteiger partial charge in [-0.1, -0.05) is 206 Å². The summed E-state index contributed by atoms with van der Waals surface area (Å²) < 4.78 is 0. The van der Waals surface area contributed by atoms with E-state index in [0.29, 0.717) is 0 Å². The highest BCUT2D eigenvalue weighted by Gasteiger charge is 2.19. The molecule has 2 heterocycles. The van der Waals surface area contributed by atoms with Gasteiger partial charge in [0.1, 0.15) is 0 Å². The molecule has 0 spiro atoms. The van der Waals surface area contributed by atoms with Crippen molar-refractivity contribution in [2.75, 3.05) is 0 Å². The van der Waals surface area contributed by atoms with Crippen LogP contribution in [-0.2, 0) is 0 Å². The first-order valence-electron chi connectivity index (χ1n) is 22.5. The maximum absolute atomic E-state index is 2.44. The predicted octanol–water partition coefficient (Wildman–Crippen LogP) is 19.1. The zero-order valence-electron chi connectivity index (χ0n) is 36.1. The first kappa shape index (κ1) is 39.7. The fraction of sp³-hybridized carbons (Fsp3) is 0. The standard InChI is InChI=1S/C64H42S2/c1-3-17-46(18-4-1)59-35-37-61(65-59)50-24-13-26-52(40-50)63-55-29-9-10-30-56(55)64(53-27-14-25-51(41-53)62-38-36-60(66-62)47-19-5-2-6-20-47)58-42-49(33-34-57(58)63)48-23-11-15-43(39-48)31-32-45-22-12-21-44-16-7-8-28-54(44)45/h1-42H/b32-31+. The molecule has 0 nitrogen and oxygen atoms in total. The van der Waals surface area contributed by atoms with Gasteiger partial charge in [-0.25, -0.2) is 0 Å². The normalized spacial score (nSPS) is 11.6. The Morgan fingerprint density at radius 3 is 1.32 bits per heavy atom. The molecular formula is C64H42S2. The minimum absolute atomic E-state index is 1.17. The van der Waals surface area contributed by atoms with Gasteiger partial charge in [-0.2, -0.15) is 0 Å². The highest BCUT2D eigenvalue weighted by atomic mass is 32.1. The molecule has 0 radical (unpaired) electrons. The number of rotatable bonds is 9. The van der Waals surface area contributed by atoms with E-state index in [2.05, 4.69) is 255 Å². The quantitative estimate of drug-likeness (QED) is 0.100. The molecule has 12 aromatic rings. The summed E-state index contributed by atoms with van der Waals surface area (Å²) in [6, 6.07) is 89.0. The van der Waals surface area contributed by atoms with E-state index in [9.17, 15) is 0 Å². The summed E-state index contributed by atoms with van der Waals surface area (Å²) in [5, 5.41) is 7.47. The molecule has 0 saturated heterocycles. The number of hydrogen-bond acceptors (Lipinski definition) is 2. The van der Waals surface area contributed by atoms with Gasteiger partial charge in [-0.05, 0) is 148 Å². The van der Waals surface area contributed by atoms with Gasteiger partial charge in [-0.3, -0.25) is 0 Å². The first-order valence-corrected chi connectivity index (χ1v) is 24.1. The van der Waals surface area contributed by atoms with Crippen LogP contribution in [0.1, 0.15) is 11.1 Å². The molecule has 0 aliphatic carbocycles. The van der Waals surface area contributed by atoms with Crippen molar-refractivity contribution in [1.82, 2.24) is 0 Å². The van der Waals surface area contributed by atoms with Crippen molar-refractivity contribution in [2.24, 2.45) is 0 Å². The second kappa shape index (κ2) is 17.3. The van der Waals surface area contributed by atoms with Crippen molar-refractivity contribution >= 4 is 67.1 Å². The van der Waals surface area contributed by atoms with Crippen molar-refractivity contribution in [2.45, 2.75) is 0 Å². The van der Waals surface area contributed by atoms with Gasteiger partial charge in [0.05, 0.1) is 0 Å². The van der Waals surface area contributed by atoms with E-state index in [1.807, 2.05) is 22.7 Å². The molecule has 66 heavy (non-hydrogen) atoms. The smallest absolute Gasteiger partial charge is 0.0349 e. The maximum Gasteiger partial charge on any atom is 0.0349 e. The van der Waals surface area contributed by atoms with Crippen LogP contribution in [0.2, 0.25) is 0 Å². The van der Waals surface area contributed by atoms with Crippen LogP contribution in [0, 0.1) is 0 Å². The molecule has 0 aliphatic rings. The fourth-order valence-electron chi connectivity index (χ4n) is 9.54. The Bertz CT molecular complexity index is 3750. The highest BCUT2D eigenvalue weighted by molar-refractivity contribution is 7.19. The summed E-state index contributed by atoms with van der Waals surface area (Å²) in [5.74, 6) is 0. The summed E-state index contributed by atoms with van der Waals surface area (Å²) in [7, 11) is 0. The van der Waals surface area contributed by atoms with Crippen LogP contribution in [0.15, 0.2) is 243 Å². The second-order valence-electron chi connectivity index (χ2n) is 16.8. The van der Waals surface area contributed by atoms with Gasteiger partial charge in [0.15, 0.2) is 0 Å². The third kappa shape index (κ3) is 7.57. The minimum Gasteiger partial charge on any atom is -0.135 e. The van der Waals surface area contributed by atoms with E-state index in [-0.39, 0.29) is 0 Å². The number of benzene rings is 10. The lowest BCUT2D eigenvalue weighted by Crippen LogP contribution is -1.92. The zero-order valence-corrected chi connectivity index (χ0v) is 37.7. The Morgan fingerprint density at radius 2 is 0.682 bits per heavy atom. The Hall–Kier alpha value is -7.88. The molecule has 10 aromatic carbocycles. The molecule has 0 unspecified atom stereocenters. The monoisotopic (exact) mass is 874 g/mol. The van der Waals surface area contributed by atoms with Crippen LogP contribution in [0.5, 0.6) is 0 Å². The maximum atomic E-state index is 2.44. The van der Waals surface area contributed by atoms with Crippen LogP contribution in [0.4, 0.5) is 0 Å².